The van der Waals surface area contributed by atoms with Crippen LogP contribution in [0.5, 0.6) is 0 Å². The Balaban J connectivity index is 1.37. The first kappa shape index (κ1) is 31.5. The normalized spacial score (nSPS) is 12.6. The fourth-order valence-corrected chi connectivity index (χ4v) is 7.38. The number of rotatable bonds is 12. The van der Waals surface area contributed by atoms with Crippen LogP contribution in [0.4, 0.5) is 22.7 Å². The van der Waals surface area contributed by atoms with Gasteiger partial charge in [-0.2, -0.15) is 0 Å². The van der Waals surface area contributed by atoms with Crippen LogP contribution in [0.2, 0.25) is 0 Å². The van der Waals surface area contributed by atoms with Crippen LogP contribution in [-0.2, 0) is 40.6 Å². The van der Waals surface area contributed by atoms with Crippen LogP contribution < -0.4 is 20.4 Å². The topological polar surface area (TPSA) is 134 Å². The molecule has 44 heavy (non-hydrogen) atoms. The van der Waals surface area contributed by atoms with Gasteiger partial charge in [-0.1, -0.05) is 12.1 Å². The van der Waals surface area contributed by atoms with E-state index in [1.165, 1.54) is 34.1 Å². The molecule has 0 heterocycles. The van der Waals surface area contributed by atoms with E-state index in [4.69, 9.17) is 9.05 Å². The molecule has 5 rings (SSSR count). The summed E-state index contributed by atoms with van der Waals surface area (Å²) in [4.78, 5) is 46.0. The maximum atomic E-state index is 13.1. The first-order chi connectivity index (χ1) is 21.1. The van der Waals surface area contributed by atoms with Gasteiger partial charge >= 0.3 is 15.2 Å². The Hall–Kier alpha value is -3.88. The minimum absolute atomic E-state index is 0.118. The van der Waals surface area contributed by atoms with Crippen molar-refractivity contribution in [3.05, 3.63) is 107 Å². The molecule has 228 valence electrons. The van der Waals surface area contributed by atoms with Crippen molar-refractivity contribution in [3.8, 4) is 0 Å². The number of carbonyl (C=O) groups is 2. The molecule has 0 saturated heterocycles. The van der Waals surface area contributed by atoms with Crippen molar-refractivity contribution >= 4 is 61.4 Å². The van der Waals surface area contributed by atoms with Crippen molar-refractivity contribution in [2.24, 2.45) is 0 Å². The van der Waals surface area contributed by atoms with Gasteiger partial charge < -0.3 is 18.8 Å². The van der Waals surface area contributed by atoms with Crippen molar-refractivity contribution in [1.82, 2.24) is 0 Å². The number of benzene rings is 4. The van der Waals surface area contributed by atoms with Gasteiger partial charge in [-0.25, -0.2) is 0 Å². The molecule has 0 saturated carbocycles. The highest BCUT2D eigenvalue weighted by atomic mass is 31.2. The summed E-state index contributed by atoms with van der Waals surface area (Å²) in [6.45, 7) is 3.98. The monoisotopic (exact) mass is 634 g/mol. The van der Waals surface area contributed by atoms with Crippen molar-refractivity contribution in [1.29, 1.82) is 0 Å². The van der Waals surface area contributed by atoms with Gasteiger partial charge in [-0.3, -0.25) is 28.5 Å². The first-order valence-electron chi connectivity index (χ1n) is 14.0. The molecule has 12 heteroatoms. The molecule has 0 fully saturated rings. The van der Waals surface area contributed by atoms with E-state index < -0.39 is 15.2 Å². The lowest BCUT2D eigenvalue weighted by Crippen LogP contribution is -2.18. The summed E-state index contributed by atoms with van der Waals surface area (Å²) in [5, 5.41) is 0.302. The molecule has 0 aromatic heterocycles. The quantitative estimate of drug-likeness (QED) is 0.137. The van der Waals surface area contributed by atoms with Gasteiger partial charge in [-0.05, 0) is 122 Å². The van der Waals surface area contributed by atoms with Crippen LogP contribution in [0, 0.1) is 0 Å². The summed E-state index contributed by atoms with van der Waals surface area (Å²) in [6.07, 6.45) is 2.67. The third kappa shape index (κ3) is 6.47. The second-order valence-electron chi connectivity index (χ2n) is 10.1. The minimum atomic E-state index is -4.39. The standard InChI is InChI=1S/C32H32N2O8P2/c1-3-41-44(40,42-4-2)32-15-11-28(12-16-32)34(22-36)30-8-6-24-17-25-19-29(7-5-23(25)18-26(24)20-30)33(21-35)27-9-13-31(14-10-27)43(37,38)39/h5-16,19-22H,3-4,17-18H2,1-2H3,(H2,37,38,39). The summed E-state index contributed by atoms with van der Waals surface area (Å²) in [5.41, 5.74) is 6.72. The Morgan fingerprint density at radius 1 is 0.614 bits per heavy atom. The molecule has 0 aliphatic heterocycles. The van der Waals surface area contributed by atoms with Gasteiger partial charge in [0.25, 0.3) is 0 Å². The maximum Gasteiger partial charge on any atom is 0.361 e. The number of nitrogens with zero attached hydrogens (tertiary/aromatic N) is 2. The van der Waals surface area contributed by atoms with Gasteiger partial charge in [0.15, 0.2) is 0 Å². The second kappa shape index (κ2) is 13.0. The van der Waals surface area contributed by atoms with E-state index in [0.29, 0.717) is 47.3 Å². The molecule has 0 unspecified atom stereocenters. The van der Waals surface area contributed by atoms with Gasteiger partial charge in [0, 0.05) is 22.7 Å². The van der Waals surface area contributed by atoms with Crippen LogP contribution in [-0.4, -0.2) is 35.8 Å². The zero-order valence-electron chi connectivity index (χ0n) is 24.2. The molecule has 0 bridgehead atoms. The molecule has 0 atom stereocenters. The summed E-state index contributed by atoms with van der Waals surface area (Å²) >= 11 is 0. The van der Waals surface area contributed by atoms with E-state index in [9.17, 15) is 28.5 Å². The molecule has 1 aliphatic carbocycles. The average molecular weight is 635 g/mol. The van der Waals surface area contributed by atoms with E-state index in [1.807, 2.05) is 36.4 Å². The van der Waals surface area contributed by atoms with Crippen molar-refractivity contribution in [2.45, 2.75) is 26.7 Å². The Labute approximate surface area is 255 Å². The zero-order valence-corrected chi connectivity index (χ0v) is 26.0. The van der Waals surface area contributed by atoms with Crippen LogP contribution >= 0.6 is 15.2 Å². The Kier molecular flexibility index (Phi) is 9.32. The highest BCUT2D eigenvalue weighted by Crippen LogP contribution is 2.47. The summed E-state index contributed by atoms with van der Waals surface area (Å²) < 4.78 is 35.5. The predicted molar refractivity (Wildman–Crippen MR) is 170 cm³/mol. The number of amides is 2. The number of hydrogen-bond donors (Lipinski definition) is 2. The van der Waals surface area contributed by atoms with E-state index >= 15 is 0 Å². The fourth-order valence-electron chi connectivity index (χ4n) is 5.28. The number of fused-ring (bicyclic) bond motifs is 2. The molecule has 0 spiro atoms. The summed E-state index contributed by atoms with van der Waals surface area (Å²) in [5.74, 6) is 0. The van der Waals surface area contributed by atoms with Crippen LogP contribution in [0.15, 0.2) is 84.9 Å². The minimum Gasteiger partial charge on any atom is -0.321 e. The van der Waals surface area contributed by atoms with Crippen molar-refractivity contribution in [2.75, 3.05) is 23.0 Å². The van der Waals surface area contributed by atoms with Crippen molar-refractivity contribution < 1.29 is 37.6 Å². The number of anilines is 4. The summed E-state index contributed by atoms with van der Waals surface area (Å²) in [7, 11) is -7.83. The number of hydrogen-bond acceptors (Lipinski definition) is 6. The van der Waals surface area contributed by atoms with Crippen LogP contribution in [0.25, 0.3) is 0 Å². The van der Waals surface area contributed by atoms with Gasteiger partial charge in [0.05, 0.1) is 23.8 Å². The zero-order chi connectivity index (χ0) is 31.5. The van der Waals surface area contributed by atoms with Gasteiger partial charge in [0.1, 0.15) is 0 Å². The lowest BCUT2D eigenvalue weighted by atomic mass is 9.85. The second-order valence-corrected chi connectivity index (χ2v) is 13.8. The Morgan fingerprint density at radius 3 is 1.36 bits per heavy atom. The maximum absolute atomic E-state index is 13.1. The lowest BCUT2D eigenvalue weighted by molar-refractivity contribution is -0.107. The lowest BCUT2D eigenvalue weighted by Gasteiger charge is -2.25. The summed E-state index contributed by atoms with van der Waals surface area (Å²) in [6, 6.07) is 24.0. The van der Waals surface area contributed by atoms with E-state index in [0.717, 1.165) is 28.7 Å². The molecular formula is C32H32N2O8P2. The molecule has 4 aromatic carbocycles. The third-order valence-electron chi connectivity index (χ3n) is 7.42. The van der Waals surface area contributed by atoms with Crippen molar-refractivity contribution in [3.63, 3.8) is 0 Å². The predicted octanol–water partition coefficient (Wildman–Crippen LogP) is 5.47. The molecule has 4 aromatic rings. The van der Waals surface area contributed by atoms with Gasteiger partial charge in [-0.15, -0.1) is 0 Å². The molecule has 1 aliphatic rings. The first-order valence-corrected chi connectivity index (χ1v) is 17.1. The Bertz CT molecular complexity index is 1760. The molecule has 10 nitrogen and oxygen atoms in total. The largest absolute Gasteiger partial charge is 0.361 e. The smallest absolute Gasteiger partial charge is 0.321 e. The van der Waals surface area contributed by atoms with E-state index in [2.05, 4.69) is 0 Å². The van der Waals surface area contributed by atoms with E-state index in [1.54, 1.807) is 38.1 Å². The van der Waals surface area contributed by atoms with Crippen LogP contribution in [0.1, 0.15) is 36.1 Å². The SMILES string of the molecule is CCOP(=O)(OCC)c1ccc(N(C=O)c2ccc3c(c2)Cc2ccc(N(C=O)c4ccc(P(=O)(O)O)cc4)cc2C3)cc1. The van der Waals surface area contributed by atoms with Gasteiger partial charge in [0.2, 0.25) is 12.8 Å². The highest BCUT2D eigenvalue weighted by molar-refractivity contribution is 7.62. The molecule has 2 N–H and O–H groups in total. The van der Waals surface area contributed by atoms with E-state index in [-0.39, 0.29) is 18.5 Å². The highest BCUT2D eigenvalue weighted by Gasteiger charge is 2.27. The average Bonchev–Trinajstić information content (AvgIpc) is 3.01. The molecule has 2 amide bonds. The molecule has 0 radical (unpaired) electrons. The van der Waals surface area contributed by atoms with Crippen LogP contribution in [0.3, 0.4) is 0 Å². The third-order valence-corrected chi connectivity index (χ3v) is 10.5. The fraction of sp³-hybridized carbons (Fsp3) is 0.188. The molecular weight excluding hydrogens is 602 g/mol. The number of carbonyl (C=O) groups excluding carboxylic acids is 2. The Morgan fingerprint density at radius 2 is 1.00 bits per heavy atom.